The number of amides is 1. The smallest absolute Gasteiger partial charge is 0.292 e. The van der Waals surface area contributed by atoms with E-state index in [9.17, 15) is 14.9 Å². The molecule has 1 aromatic rings. The second kappa shape index (κ2) is 5.23. The van der Waals surface area contributed by atoms with Crippen molar-refractivity contribution in [1.29, 1.82) is 0 Å². The molecule has 1 heterocycles. The standard InChI is InChI=1S/C12H16N4O3/c1-14-5-6-15(8-11(14)17)7-9-3-2-4-10(12(9)13)16(18)19/h2-4H,5-8,13H2,1H3. The highest BCUT2D eigenvalue weighted by atomic mass is 16.6. The third-order valence-electron chi connectivity index (χ3n) is 3.30. The van der Waals surface area contributed by atoms with E-state index < -0.39 is 4.92 Å². The lowest BCUT2D eigenvalue weighted by Crippen LogP contribution is -2.48. The average Bonchev–Trinajstić information content (AvgIpc) is 2.36. The number of carbonyl (C=O) groups excluding carboxylic acids is 1. The molecule has 0 unspecified atom stereocenters. The van der Waals surface area contributed by atoms with Crippen molar-refractivity contribution in [1.82, 2.24) is 9.80 Å². The summed E-state index contributed by atoms with van der Waals surface area (Å²) in [5, 5.41) is 10.8. The number of rotatable bonds is 3. The van der Waals surface area contributed by atoms with E-state index >= 15 is 0 Å². The molecule has 102 valence electrons. The topological polar surface area (TPSA) is 92.7 Å². The van der Waals surface area contributed by atoms with E-state index in [1.54, 1.807) is 24.1 Å². The summed E-state index contributed by atoms with van der Waals surface area (Å²) in [5.74, 6) is 0.0512. The van der Waals surface area contributed by atoms with Gasteiger partial charge in [-0.2, -0.15) is 0 Å². The quantitative estimate of drug-likeness (QED) is 0.486. The Morgan fingerprint density at radius 1 is 1.42 bits per heavy atom. The number of hydrogen-bond donors (Lipinski definition) is 1. The molecule has 1 amide bonds. The molecule has 1 aliphatic heterocycles. The van der Waals surface area contributed by atoms with Crippen LogP contribution in [-0.2, 0) is 11.3 Å². The Bertz CT molecular complexity index is 518. The van der Waals surface area contributed by atoms with Crippen molar-refractivity contribution in [2.75, 3.05) is 32.4 Å². The van der Waals surface area contributed by atoms with Crippen LogP contribution in [0, 0.1) is 10.1 Å². The maximum atomic E-state index is 11.6. The molecule has 19 heavy (non-hydrogen) atoms. The Balaban J connectivity index is 2.14. The highest BCUT2D eigenvalue weighted by Gasteiger charge is 2.22. The number of carbonyl (C=O) groups is 1. The van der Waals surface area contributed by atoms with Crippen molar-refractivity contribution in [3.05, 3.63) is 33.9 Å². The Hall–Kier alpha value is -2.15. The van der Waals surface area contributed by atoms with Gasteiger partial charge in [0.15, 0.2) is 0 Å². The molecule has 7 heteroatoms. The van der Waals surface area contributed by atoms with E-state index in [1.165, 1.54) is 6.07 Å². The van der Waals surface area contributed by atoms with Gasteiger partial charge in [-0.3, -0.25) is 19.8 Å². The van der Waals surface area contributed by atoms with E-state index in [0.717, 1.165) is 6.54 Å². The predicted octanol–water partition coefficient (Wildman–Crippen LogP) is 0.451. The minimum Gasteiger partial charge on any atom is -0.393 e. The zero-order valence-electron chi connectivity index (χ0n) is 10.7. The number of para-hydroxylation sites is 1. The van der Waals surface area contributed by atoms with Crippen LogP contribution < -0.4 is 5.73 Å². The largest absolute Gasteiger partial charge is 0.393 e. The van der Waals surface area contributed by atoms with Gasteiger partial charge in [0.25, 0.3) is 5.69 Å². The SMILES string of the molecule is CN1CCN(Cc2cccc([N+](=O)[O-])c2N)CC1=O. The number of nitrogens with two attached hydrogens (primary N) is 1. The lowest BCUT2D eigenvalue weighted by Gasteiger charge is -2.32. The fourth-order valence-electron chi connectivity index (χ4n) is 2.08. The van der Waals surface area contributed by atoms with Gasteiger partial charge in [0.2, 0.25) is 5.91 Å². The van der Waals surface area contributed by atoms with Crippen molar-refractivity contribution in [2.24, 2.45) is 0 Å². The molecule has 7 nitrogen and oxygen atoms in total. The van der Waals surface area contributed by atoms with Gasteiger partial charge in [0, 0.05) is 32.7 Å². The van der Waals surface area contributed by atoms with E-state index in [4.69, 9.17) is 5.73 Å². The van der Waals surface area contributed by atoms with Gasteiger partial charge in [0.1, 0.15) is 5.69 Å². The third kappa shape index (κ3) is 2.82. The van der Waals surface area contributed by atoms with Crippen molar-refractivity contribution in [2.45, 2.75) is 6.54 Å². The third-order valence-corrected chi connectivity index (χ3v) is 3.30. The maximum absolute atomic E-state index is 11.6. The fraction of sp³-hybridized carbons (Fsp3) is 0.417. The van der Waals surface area contributed by atoms with Crippen LogP contribution in [0.5, 0.6) is 0 Å². The maximum Gasteiger partial charge on any atom is 0.292 e. The number of nitrogen functional groups attached to an aromatic ring is 1. The van der Waals surface area contributed by atoms with Crippen LogP contribution in [0.15, 0.2) is 18.2 Å². The first-order valence-electron chi connectivity index (χ1n) is 5.97. The summed E-state index contributed by atoms with van der Waals surface area (Å²) in [6.07, 6.45) is 0. The summed E-state index contributed by atoms with van der Waals surface area (Å²) in [6, 6.07) is 4.75. The number of benzene rings is 1. The molecule has 0 atom stereocenters. The lowest BCUT2D eigenvalue weighted by atomic mass is 10.1. The van der Waals surface area contributed by atoms with Gasteiger partial charge in [-0.15, -0.1) is 0 Å². The molecule has 1 saturated heterocycles. The van der Waals surface area contributed by atoms with Gasteiger partial charge in [-0.1, -0.05) is 12.1 Å². The number of nitrogens with zero attached hydrogens (tertiary/aromatic N) is 3. The zero-order valence-corrected chi connectivity index (χ0v) is 10.7. The molecule has 0 saturated carbocycles. The first kappa shape index (κ1) is 13.3. The Labute approximate surface area is 110 Å². The first-order valence-corrected chi connectivity index (χ1v) is 5.97. The fourth-order valence-corrected chi connectivity index (χ4v) is 2.08. The van der Waals surface area contributed by atoms with Crippen molar-refractivity contribution < 1.29 is 9.72 Å². The van der Waals surface area contributed by atoms with Gasteiger partial charge in [0.05, 0.1) is 11.5 Å². The minimum absolute atomic E-state index is 0.0512. The summed E-state index contributed by atoms with van der Waals surface area (Å²) in [7, 11) is 1.77. The van der Waals surface area contributed by atoms with Crippen LogP contribution in [0.4, 0.5) is 11.4 Å². The molecule has 0 aliphatic carbocycles. The van der Waals surface area contributed by atoms with Crippen LogP contribution in [0.3, 0.4) is 0 Å². The van der Waals surface area contributed by atoms with Crippen molar-refractivity contribution >= 4 is 17.3 Å². The second-order valence-corrected chi connectivity index (χ2v) is 4.63. The zero-order chi connectivity index (χ0) is 14.0. The highest BCUT2D eigenvalue weighted by Crippen LogP contribution is 2.26. The summed E-state index contributed by atoms with van der Waals surface area (Å²) in [4.78, 5) is 25.5. The Morgan fingerprint density at radius 3 is 2.79 bits per heavy atom. The van der Waals surface area contributed by atoms with E-state index in [1.807, 2.05) is 4.90 Å². The van der Waals surface area contributed by atoms with E-state index in [0.29, 0.717) is 25.2 Å². The van der Waals surface area contributed by atoms with Crippen LogP contribution >= 0.6 is 0 Å². The predicted molar refractivity (Wildman–Crippen MR) is 70.4 cm³/mol. The average molecular weight is 264 g/mol. The molecular formula is C12H16N4O3. The summed E-state index contributed by atoms with van der Waals surface area (Å²) >= 11 is 0. The van der Waals surface area contributed by atoms with E-state index in [2.05, 4.69) is 0 Å². The summed E-state index contributed by atoms with van der Waals surface area (Å²) < 4.78 is 0. The van der Waals surface area contributed by atoms with Gasteiger partial charge in [-0.25, -0.2) is 0 Å². The number of hydrogen-bond acceptors (Lipinski definition) is 5. The van der Waals surface area contributed by atoms with Crippen molar-refractivity contribution in [3.63, 3.8) is 0 Å². The molecule has 2 N–H and O–H groups in total. The Morgan fingerprint density at radius 2 is 2.16 bits per heavy atom. The van der Waals surface area contributed by atoms with Crippen LogP contribution in [-0.4, -0.2) is 47.3 Å². The number of anilines is 1. The Kier molecular flexibility index (Phi) is 3.66. The molecule has 1 aromatic carbocycles. The number of nitro groups is 1. The highest BCUT2D eigenvalue weighted by molar-refractivity contribution is 5.78. The van der Waals surface area contributed by atoms with Crippen LogP contribution in [0.1, 0.15) is 5.56 Å². The number of piperazine rings is 1. The normalized spacial score (nSPS) is 16.7. The molecule has 1 fully saturated rings. The molecular weight excluding hydrogens is 248 g/mol. The lowest BCUT2D eigenvalue weighted by molar-refractivity contribution is -0.384. The van der Waals surface area contributed by atoms with Gasteiger partial charge < -0.3 is 10.6 Å². The number of likely N-dealkylation sites (N-methyl/N-ethyl adjacent to an activating group) is 1. The second-order valence-electron chi connectivity index (χ2n) is 4.63. The monoisotopic (exact) mass is 264 g/mol. The molecule has 0 aromatic heterocycles. The molecule has 0 spiro atoms. The molecule has 1 aliphatic rings. The first-order chi connectivity index (χ1) is 8.99. The summed E-state index contributed by atoms with van der Waals surface area (Å²) in [6.45, 7) is 2.17. The molecule has 2 rings (SSSR count). The van der Waals surface area contributed by atoms with Crippen molar-refractivity contribution in [3.8, 4) is 0 Å². The van der Waals surface area contributed by atoms with E-state index in [-0.39, 0.29) is 17.3 Å². The van der Waals surface area contributed by atoms with Gasteiger partial charge >= 0.3 is 0 Å². The molecule has 0 radical (unpaired) electrons. The summed E-state index contributed by atoms with van der Waals surface area (Å²) in [5.41, 5.74) is 6.58. The minimum atomic E-state index is -0.492. The molecule has 0 bridgehead atoms. The van der Waals surface area contributed by atoms with Crippen LogP contribution in [0.2, 0.25) is 0 Å². The number of nitro benzene ring substituents is 1. The van der Waals surface area contributed by atoms with Crippen LogP contribution in [0.25, 0.3) is 0 Å². The van der Waals surface area contributed by atoms with Gasteiger partial charge in [-0.05, 0) is 5.56 Å².